The molecule has 0 radical (unpaired) electrons. The molecule has 132 valence electrons. The Bertz CT molecular complexity index is 1050. The van der Waals surface area contributed by atoms with Gasteiger partial charge in [-0.1, -0.05) is 23.2 Å². The second kappa shape index (κ2) is 7.03. The van der Waals surface area contributed by atoms with Crippen molar-refractivity contribution in [1.82, 2.24) is 19.9 Å². The van der Waals surface area contributed by atoms with Crippen LogP contribution < -0.4 is 5.73 Å². The van der Waals surface area contributed by atoms with E-state index < -0.39 is 11.9 Å². The Hall–Kier alpha value is -3.10. The van der Waals surface area contributed by atoms with Crippen molar-refractivity contribution in [2.45, 2.75) is 0 Å². The molecule has 1 amide bonds. The minimum absolute atomic E-state index is 0.0220. The van der Waals surface area contributed by atoms with Crippen LogP contribution in [0.15, 0.2) is 36.9 Å². The summed E-state index contributed by atoms with van der Waals surface area (Å²) in [4.78, 5) is 35.1. The second-order valence-electron chi connectivity index (χ2n) is 5.12. The third kappa shape index (κ3) is 3.19. The van der Waals surface area contributed by atoms with Crippen LogP contribution in [0.25, 0.3) is 22.1 Å². The normalized spacial score (nSPS) is 10.5. The van der Waals surface area contributed by atoms with Crippen LogP contribution in [0.1, 0.15) is 20.7 Å². The van der Waals surface area contributed by atoms with Crippen molar-refractivity contribution in [2.24, 2.45) is 5.73 Å². The van der Waals surface area contributed by atoms with Crippen molar-refractivity contribution in [1.29, 1.82) is 0 Å². The first kappa shape index (κ1) is 17.7. The number of hydrogen-bond donors (Lipinski definition) is 4. The van der Waals surface area contributed by atoms with Gasteiger partial charge in [0.15, 0.2) is 0 Å². The third-order valence-corrected chi connectivity index (χ3v) is 4.35. The highest BCUT2D eigenvalue weighted by Gasteiger charge is 2.13. The molecular weight excluding hydrogens is 381 g/mol. The molecule has 0 saturated carbocycles. The van der Waals surface area contributed by atoms with E-state index in [0.717, 1.165) is 0 Å². The van der Waals surface area contributed by atoms with Gasteiger partial charge in [0.05, 0.1) is 21.2 Å². The Morgan fingerprint density at radius 2 is 1.38 bits per heavy atom. The molecule has 8 nitrogen and oxygen atoms in total. The first-order chi connectivity index (χ1) is 12.4. The number of halogens is 2. The zero-order chi connectivity index (χ0) is 18.8. The van der Waals surface area contributed by atoms with Crippen molar-refractivity contribution in [2.75, 3.05) is 0 Å². The van der Waals surface area contributed by atoms with E-state index in [0.29, 0.717) is 27.1 Å². The number of H-pyrrole nitrogens is 2. The zero-order valence-electron chi connectivity index (χ0n) is 13.0. The van der Waals surface area contributed by atoms with Gasteiger partial charge in [0.2, 0.25) is 0 Å². The van der Waals surface area contributed by atoms with Crippen LogP contribution in [0, 0.1) is 0 Å². The van der Waals surface area contributed by atoms with Crippen molar-refractivity contribution >= 4 is 57.1 Å². The summed E-state index contributed by atoms with van der Waals surface area (Å²) in [6.45, 7) is 0. The molecule has 0 fully saturated rings. The number of fused-ring (bicyclic) bond motifs is 2. The van der Waals surface area contributed by atoms with E-state index in [4.69, 9.17) is 34.0 Å². The van der Waals surface area contributed by atoms with E-state index >= 15 is 0 Å². The summed E-state index contributed by atoms with van der Waals surface area (Å²) >= 11 is 11.8. The van der Waals surface area contributed by atoms with Crippen molar-refractivity contribution in [3.8, 4) is 0 Å². The minimum Gasteiger partial charge on any atom is -0.478 e. The molecule has 0 unspecified atom stereocenters. The average molecular weight is 392 g/mol. The number of pyridine rings is 2. The molecule has 26 heavy (non-hydrogen) atoms. The van der Waals surface area contributed by atoms with E-state index in [1.54, 1.807) is 24.5 Å². The summed E-state index contributed by atoms with van der Waals surface area (Å²) in [6.07, 6.45) is 5.97. The Labute approximate surface area is 156 Å². The number of hydrogen-bond acceptors (Lipinski definition) is 4. The van der Waals surface area contributed by atoms with Crippen LogP contribution in [-0.4, -0.2) is 36.9 Å². The number of carboxylic acid groups (broad SMARTS) is 1. The predicted molar refractivity (Wildman–Crippen MR) is 97.7 cm³/mol. The molecule has 4 aromatic heterocycles. The lowest BCUT2D eigenvalue weighted by Gasteiger charge is -1.98. The Morgan fingerprint density at radius 3 is 1.85 bits per heavy atom. The number of nitrogens with one attached hydrogen (secondary N) is 2. The van der Waals surface area contributed by atoms with E-state index in [2.05, 4.69) is 19.9 Å². The van der Waals surface area contributed by atoms with Crippen molar-refractivity contribution in [3.63, 3.8) is 0 Å². The number of carboxylic acids is 1. The summed E-state index contributed by atoms with van der Waals surface area (Å²) in [5, 5.41) is 10.6. The molecule has 4 heterocycles. The highest BCUT2D eigenvalue weighted by Crippen LogP contribution is 2.25. The number of rotatable bonds is 2. The fraction of sp³-hybridized carbons (Fsp3) is 0. The molecule has 5 N–H and O–H groups in total. The minimum atomic E-state index is -1.07. The molecule has 0 aromatic carbocycles. The number of aromatic nitrogens is 4. The number of carbonyl (C=O) groups is 2. The van der Waals surface area contributed by atoms with Gasteiger partial charge in [0, 0.05) is 35.6 Å². The summed E-state index contributed by atoms with van der Waals surface area (Å²) in [5.41, 5.74) is 6.61. The number of nitrogens with zero attached hydrogens (tertiary/aromatic N) is 2. The first-order valence-corrected chi connectivity index (χ1v) is 7.92. The highest BCUT2D eigenvalue weighted by atomic mass is 35.5. The lowest BCUT2D eigenvalue weighted by Crippen LogP contribution is -2.11. The monoisotopic (exact) mass is 391 g/mol. The SMILES string of the molecule is NC(=O)c1cnc2[nH]ccc2c1Cl.O=C(O)c1cnc2[nH]ccc2c1Cl. The lowest BCUT2D eigenvalue weighted by molar-refractivity contribution is 0.0696. The number of carbonyl (C=O) groups excluding carboxylic acids is 1. The molecule has 0 aliphatic heterocycles. The maximum atomic E-state index is 10.9. The van der Waals surface area contributed by atoms with Gasteiger partial charge in [-0.25, -0.2) is 14.8 Å². The van der Waals surface area contributed by atoms with Gasteiger partial charge in [-0.15, -0.1) is 0 Å². The van der Waals surface area contributed by atoms with Gasteiger partial charge in [-0.2, -0.15) is 0 Å². The molecule has 0 aliphatic rings. The lowest BCUT2D eigenvalue weighted by atomic mass is 10.2. The van der Waals surface area contributed by atoms with Gasteiger partial charge in [-0.3, -0.25) is 4.79 Å². The smallest absolute Gasteiger partial charge is 0.338 e. The quantitative estimate of drug-likeness (QED) is 0.415. The van der Waals surface area contributed by atoms with Gasteiger partial charge >= 0.3 is 5.97 Å². The fourth-order valence-electron chi connectivity index (χ4n) is 2.27. The summed E-state index contributed by atoms with van der Waals surface area (Å²) in [6, 6.07) is 3.44. The third-order valence-electron chi connectivity index (χ3n) is 3.54. The summed E-state index contributed by atoms with van der Waals surface area (Å²) in [5.74, 6) is -1.64. The molecule has 4 rings (SSSR count). The largest absolute Gasteiger partial charge is 0.478 e. The molecular formula is C16H11Cl2N5O3. The summed E-state index contributed by atoms with van der Waals surface area (Å²) in [7, 11) is 0. The van der Waals surface area contributed by atoms with Gasteiger partial charge in [-0.05, 0) is 12.1 Å². The molecule has 10 heteroatoms. The summed E-state index contributed by atoms with van der Waals surface area (Å²) < 4.78 is 0. The van der Waals surface area contributed by atoms with Crippen LogP contribution in [0.2, 0.25) is 10.0 Å². The number of aromatic amines is 2. The molecule has 0 aliphatic carbocycles. The molecule has 0 saturated heterocycles. The van der Waals surface area contributed by atoms with E-state index in [1.807, 2.05) is 0 Å². The van der Waals surface area contributed by atoms with Gasteiger partial charge in [0.25, 0.3) is 5.91 Å². The second-order valence-corrected chi connectivity index (χ2v) is 5.88. The van der Waals surface area contributed by atoms with Crippen LogP contribution >= 0.6 is 23.2 Å². The molecule has 4 aromatic rings. The first-order valence-electron chi connectivity index (χ1n) is 7.16. The maximum absolute atomic E-state index is 10.9. The maximum Gasteiger partial charge on any atom is 0.338 e. The van der Waals surface area contributed by atoms with Crippen molar-refractivity contribution in [3.05, 3.63) is 58.1 Å². The molecule has 0 bridgehead atoms. The fourth-order valence-corrected chi connectivity index (χ4v) is 2.85. The average Bonchev–Trinajstić information content (AvgIpc) is 3.25. The van der Waals surface area contributed by atoms with Crippen molar-refractivity contribution < 1.29 is 14.7 Å². The predicted octanol–water partition coefficient (Wildman–Crippen LogP) is 3.23. The Morgan fingerprint density at radius 1 is 0.923 bits per heavy atom. The van der Waals surface area contributed by atoms with Gasteiger partial charge < -0.3 is 20.8 Å². The number of amides is 1. The van der Waals surface area contributed by atoms with Crippen LogP contribution in [0.3, 0.4) is 0 Å². The Kier molecular flexibility index (Phi) is 4.79. The molecule has 0 atom stereocenters. The van der Waals surface area contributed by atoms with Crippen LogP contribution in [0.5, 0.6) is 0 Å². The highest BCUT2D eigenvalue weighted by molar-refractivity contribution is 6.38. The van der Waals surface area contributed by atoms with E-state index in [9.17, 15) is 9.59 Å². The van der Waals surface area contributed by atoms with Crippen LogP contribution in [0.4, 0.5) is 0 Å². The number of nitrogens with two attached hydrogens (primary N) is 1. The Balaban J connectivity index is 0.000000151. The standard InChI is InChI=1S/C8H6ClN3O.C8H5ClN2O2/c9-6-4-1-2-11-8(4)12-3-5(6)7(10)13;9-6-4-1-2-10-7(4)11-3-5(6)8(12)13/h1-3H,(H2,10,13)(H,11,12);1-3H,(H,10,11)(H,12,13). The zero-order valence-corrected chi connectivity index (χ0v) is 14.5. The molecule has 0 spiro atoms. The van der Waals surface area contributed by atoms with Crippen LogP contribution in [-0.2, 0) is 0 Å². The number of aromatic carboxylic acids is 1. The van der Waals surface area contributed by atoms with E-state index in [1.165, 1.54) is 12.4 Å². The number of primary amides is 1. The van der Waals surface area contributed by atoms with E-state index in [-0.39, 0.29) is 16.1 Å². The van der Waals surface area contributed by atoms with Gasteiger partial charge in [0.1, 0.15) is 11.3 Å². The topological polar surface area (TPSA) is 138 Å².